The Hall–Kier alpha value is -2.62. The molecule has 0 heterocycles. The molecule has 20 heavy (non-hydrogen) atoms. The van der Waals surface area contributed by atoms with Crippen LogP contribution in [-0.2, 0) is 11.2 Å². The van der Waals surface area contributed by atoms with E-state index in [1.54, 1.807) is 31.2 Å². The van der Waals surface area contributed by atoms with E-state index in [0.29, 0.717) is 11.3 Å². The highest BCUT2D eigenvalue weighted by molar-refractivity contribution is 6.01. The lowest BCUT2D eigenvalue weighted by Gasteiger charge is -2.05. The Morgan fingerprint density at radius 3 is 2.45 bits per heavy atom. The molecule has 2 aromatic carbocycles. The van der Waals surface area contributed by atoms with E-state index in [9.17, 15) is 9.90 Å². The van der Waals surface area contributed by atoms with Gasteiger partial charge in [-0.05, 0) is 24.6 Å². The highest BCUT2D eigenvalue weighted by atomic mass is 16.3. The molecule has 4 nitrogen and oxygen atoms in total. The minimum absolute atomic E-state index is 0.144. The smallest absolute Gasteiger partial charge is 0.244 e. The van der Waals surface area contributed by atoms with Crippen LogP contribution in [0.15, 0.2) is 59.7 Å². The molecular formula is C16H16N2O2. The van der Waals surface area contributed by atoms with Gasteiger partial charge in [-0.25, -0.2) is 5.43 Å². The van der Waals surface area contributed by atoms with Crippen LogP contribution in [0.5, 0.6) is 5.75 Å². The fraction of sp³-hybridized carbons (Fsp3) is 0.125. The topological polar surface area (TPSA) is 61.7 Å². The molecule has 4 heteroatoms. The van der Waals surface area contributed by atoms with E-state index in [1.807, 2.05) is 30.3 Å². The van der Waals surface area contributed by atoms with Crippen LogP contribution in [0.25, 0.3) is 0 Å². The number of para-hydroxylation sites is 1. The van der Waals surface area contributed by atoms with Gasteiger partial charge in [0.2, 0.25) is 5.91 Å². The second kappa shape index (κ2) is 6.52. The van der Waals surface area contributed by atoms with Crippen LogP contribution in [0, 0.1) is 0 Å². The highest BCUT2D eigenvalue weighted by Crippen LogP contribution is 2.16. The summed E-state index contributed by atoms with van der Waals surface area (Å²) in [4.78, 5) is 11.8. The number of phenols is 1. The van der Waals surface area contributed by atoms with E-state index < -0.39 is 0 Å². The Balaban J connectivity index is 1.99. The molecule has 2 N–H and O–H groups in total. The van der Waals surface area contributed by atoms with Crippen LogP contribution in [-0.4, -0.2) is 16.7 Å². The molecule has 0 saturated heterocycles. The molecule has 1 amide bonds. The molecule has 102 valence electrons. The first-order valence-corrected chi connectivity index (χ1v) is 6.32. The van der Waals surface area contributed by atoms with Crippen molar-refractivity contribution in [3.05, 3.63) is 65.7 Å². The first kappa shape index (κ1) is 13.8. The standard InChI is InChI=1S/C16H16N2O2/c1-12(14-9-5-6-10-15(14)19)17-18-16(20)11-13-7-3-2-4-8-13/h2-10,19H,11H2,1H3,(H,18,20). The molecule has 2 rings (SSSR count). The van der Waals surface area contributed by atoms with E-state index in [4.69, 9.17) is 0 Å². The lowest BCUT2D eigenvalue weighted by Crippen LogP contribution is -2.21. The molecule has 0 aliphatic rings. The van der Waals surface area contributed by atoms with Gasteiger partial charge < -0.3 is 5.11 Å². The maximum atomic E-state index is 11.8. The third kappa shape index (κ3) is 3.68. The minimum atomic E-state index is -0.189. The SMILES string of the molecule is CC(=NNC(=O)Cc1ccccc1)c1ccccc1O. The van der Waals surface area contributed by atoms with Gasteiger partial charge in [-0.3, -0.25) is 4.79 Å². The molecule has 0 aromatic heterocycles. The van der Waals surface area contributed by atoms with Gasteiger partial charge in [-0.2, -0.15) is 5.10 Å². The molecule has 0 aliphatic carbocycles. The zero-order valence-corrected chi connectivity index (χ0v) is 11.2. The third-order valence-electron chi connectivity index (χ3n) is 2.85. The number of hydrazone groups is 1. The van der Waals surface area contributed by atoms with Gasteiger partial charge in [0.1, 0.15) is 5.75 Å². The Labute approximate surface area is 117 Å². The monoisotopic (exact) mass is 268 g/mol. The summed E-state index contributed by atoms with van der Waals surface area (Å²) >= 11 is 0. The Morgan fingerprint density at radius 2 is 1.75 bits per heavy atom. The second-order valence-corrected chi connectivity index (χ2v) is 4.41. The summed E-state index contributed by atoms with van der Waals surface area (Å²) in [5.41, 5.74) is 4.59. The quantitative estimate of drug-likeness (QED) is 0.661. The minimum Gasteiger partial charge on any atom is -0.507 e. The Bertz CT molecular complexity index is 621. The van der Waals surface area contributed by atoms with Crippen molar-refractivity contribution in [1.82, 2.24) is 5.43 Å². The number of amides is 1. The number of hydrogen-bond acceptors (Lipinski definition) is 3. The number of nitrogens with one attached hydrogen (secondary N) is 1. The fourth-order valence-electron chi connectivity index (χ4n) is 1.81. The van der Waals surface area contributed by atoms with Crippen molar-refractivity contribution in [1.29, 1.82) is 0 Å². The fourth-order valence-corrected chi connectivity index (χ4v) is 1.81. The first-order valence-electron chi connectivity index (χ1n) is 6.32. The molecule has 0 unspecified atom stereocenters. The van der Waals surface area contributed by atoms with Crippen molar-refractivity contribution >= 4 is 11.6 Å². The summed E-state index contributed by atoms with van der Waals surface area (Å²) < 4.78 is 0. The van der Waals surface area contributed by atoms with Gasteiger partial charge in [-0.1, -0.05) is 42.5 Å². The maximum Gasteiger partial charge on any atom is 0.244 e. The van der Waals surface area contributed by atoms with Gasteiger partial charge >= 0.3 is 0 Å². The lowest BCUT2D eigenvalue weighted by atomic mass is 10.1. The van der Waals surface area contributed by atoms with Crippen LogP contribution in [0.3, 0.4) is 0 Å². The molecule has 0 bridgehead atoms. The van der Waals surface area contributed by atoms with E-state index >= 15 is 0 Å². The van der Waals surface area contributed by atoms with E-state index in [0.717, 1.165) is 5.56 Å². The largest absolute Gasteiger partial charge is 0.507 e. The zero-order chi connectivity index (χ0) is 14.4. The van der Waals surface area contributed by atoms with Crippen molar-refractivity contribution < 1.29 is 9.90 Å². The van der Waals surface area contributed by atoms with Crippen LogP contribution in [0.2, 0.25) is 0 Å². The van der Waals surface area contributed by atoms with E-state index in [2.05, 4.69) is 10.5 Å². The average Bonchev–Trinajstić information content (AvgIpc) is 2.46. The number of carbonyl (C=O) groups excluding carboxylic acids is 1. The van der Waals surface area contributed by atoms with Crippen molar-refractivity contribution in [2.45, 2.75) is 13.3 Å². The van der Waals surface area contributed by atoms with Crippen LogP contribution in [0.1, 0.15) is 18.1 Å². The molecule has 0 radical (unpaired) electrons. The van der Waals surface area contributed by atoms with E-state index in [1.165, 1.54) is 0 Å². The van der Waals surface area contributed by atoms with Crippen LogP contribution >= 0.6 is 0 Å². The predicted molar refractivity (Wildman–Crippen MR) is 78.6 cm³/mol. The average molecular weight is 268 g/mol. The van der Waals surface area contributed by atoms with Gasteiger partial charge in [-0.15, -0.1) is 0 Å². The summed E-state index contributed by atoms with van der Waals surface area (Å²) in [7, 11) is 0. The maximum absolute atomic E-state index is 11.8. The first-order chi connectivity index (χ1) is 9.66. The number of phenolic OH excluding ortho intramolecular Hbond substituents is 1. The van der Waals surface area contributed by atoms with E-state index in [-0.39, 0.29) is 18.1 Å². The molecule has 0 atom stereocenters. The Morgan fingerprint density at radius 1 is 1.10 bits per heavy atom. The molecule has 0 aliphatic heterocycles. The third-order valence-corrected chi connectivity index (χ3v) is 2.85. The number of aromatic hydroxyl groups is 1. The van der Waals surface area contributed by atoms with Gasteiger partial charge in [0, 0.05) is 5.56 Å². The molecule has 2 aromatic rings. The summed E-state index contributed by atoms with van der Waals surface area (Å²) in [5.74, 6) is -0.0444. The molecule has 0 spiro atoms. The van der Waals surface area contributed by atoms with Crippen molar-refractivity contribution in [3.63, 3.8) is 0 Å². The van der Waals surface area contributed by atoms with Crippen molar-refractivity contribution in [3.8, 4) is 5.75 Å². The summed E-state index contributed by atoms with van der Waals surface area (Å²) in [6.07, 6.45) is 0.276. The molecule has 0 saturated carbocycles. The molecular weight excluding hydrogens is 252 g/mol. The van der Waals surface area contributed by atoms with Crippen molar-refractivity contribution in [2.24, 2.45) is 5.10 Å². The molecule has 0 fully saturated rings. The number of benzene rings is 2. The second-order valence-electron chi connectivity index (χ2n) is 4.41. The lowest BCUT2D eigenvalue weighted by molar-refractivity contribution is -0.120. The summed E-state index contributed by atoms with van der Waals surface area (Å²) in [6.45, 7) is 1.73. The summed E-state index contributed by atoms with van der Waals surface area (Å²) in [6, 6.07) is 16.3. The number of rotatable bonds is 4. The van der Waals surface area contributed by atoms with Crippen LogP contribution in [0.4, 0.5) is 0 Å². The zero-order valence-electron chi connectivity index (χ0n) is 11.2. The van der Waals surface area contributed by atoms with Gasteiger partial charge in [0.25, 0.3) is 0 Å². The van der Waals surface area contributed by atoms with Gasteiger partial charge in [0.15, 0.2) is 0 Å². The number of carbonyl (C=O) groups is 1. The number of nitrogens with zero attached hydrogens (tertiary/aromatic N) is 1. The summed E-state index contributed by atoms with van der Waals surface area (Å²) in [5, 5.41) is 13.7. The van der Waals surface area contributed by atoms with Crippen LogP contribution < -0.4 is 5.43 Å². The van der Waals surface area contributed by atoms with Crippen molar-refractivity contribution in [2.75, 3.05) is 0 Å². The highest BCUT2D eigenvalue weighted by Gasteiger charge is 2.05. The predicted octanol–water partition coefficient (Wildman–Crippen LogP) is 2.48. The number of hydrogen-bond donors (Lipinski definition) is 2. The van der Waals surface area contributed by atoms with Gasteiger partial charge in [0.05, 0.1) is 12.1 Å². The normalized spacial score (nSPS) is 11.2. The Kier molecular flexibility index (Phi) is 4.50.